The molecule has 1 unspecified atom stereocenters. The quantitative estimate of drug-likeness (QED) is 0.445. The standard InChI is InChI=1S/C25H29N3O7/c1-14(2)34-18-8-7-15(9-19(18)30-3)24-26-25(35-27-24)16-10-22(29)28(13-16)17-11-20(31-4)23(33-6)21(12-17)32-5/h7-9,11-12,14,16H,10,13H2,1-6H3. The average molecular weight is 484 g/mol. The minimum atomic E-state index is -0.256. The smallest absolute Gasteiger partial charge is 0.232 e. The molecule has 1 aromatic heterocycles. The molecule has 10 heteroatoms. The van der Waals surface area contributed by atoms with Crippen molar-refractivity contribution in [1.29, 1.82) is 0 Å². The number of rotatable bonds is 9. The van der Waals surface area contributed by atoms with E-state index in [1.54, 1.807) is 30.2 Å². The van der Waals surface area contributed by atoms with Gasteiger partial charge in [-0.25, -0.2) is 0 Å². The largest absolute Gasteiger partial charge is 0.493 e. The van der Waals surface area contributed by atoms with Crippen LogP contribution in [0, 0.1) is 0 Å². The zero-order valence-electron chi connectivity index (χ0n) is 20.7. The summed E-state index contributed by atoms with van der Waals surface area (Å²) in [6.07, 6.45) is 0.253. The van der Waals surface area contributed by atoms with Gasteiger partial charge in [0.25, 0.3) is 0 Å². The van der Waals surface area contributed by atoms with Crippen LogP contribution in [-0.4, -0.2) is 57.1 Å². The summed E-state index contributed by atoms with van der Waals surface area (Å²) in [6, 6.07) is 8.95. The Labute approximate surface area is 203 Å². The Morgan fingerprint density at radius 1 is 0.943 bits per heavy atom. The highest BCUT2D eigenvalue weighted by Crippen LogP contribution is 2.43. The molecule has 1 atom stereocenters. The molecule has 1 aliphatic rings. The Balaban J connectivity index is 1.56. The molecule has 0 N–H and O–H groups in total. The first kappa shape index (κ1) is 24.2. The molecular formula is C25H29N3O7. The van der Waals surface area contributed by atoms with E-state index in [-0.39, 0.29) is 24.3 Å². The van der Waals surface area contributed by atoms with E-state index in [0.29, 0.717) is 52.7 Å². The molecule has 1 amide bonds. The first-order valence-corrected chi connectivity index (χ1v) is 11.2. The van der Waals surface area contributed by atoms with Crippen LogP contribution in [0.2, 0.25) is 0 Å². The Kier molecular flexibility index (Phi) is 6.99. The second kappa shape index (κ2) is 10.1. The number of hydrogen-bond donors (Lipinski definition) is 0. The number of carbonyl (C=O) groups excluding carboxylic acids is 1. The zero-order valence-corrected chi connectivity index (χ0v) is 20.7. The van der Waals surface area contributed by atoms with Crippen molar-refractivity contribution in [3.63, 3.8) is 0 Å². The van der Waals surface area contributed by atoms with E-state index in [9.17, 15) is 4.79 Å². The van der Waals surface area contributed by atoms with Crippen molar-refractivity contribution < 1.29 is 33.0 Å². The lowest BCUT2D eigenvalue weighted by Gasteiger charge is -2.20. The number of methoxy groups -OCH3 is 4. The first-order chi connectivity index (χ1) is 16.9. The molecule has 2 heterocycles. The van der Waals surface area contributed by atoms with Crippen LogP contribution in [0.4, 0.5) is 5.69 Å². The van der Waals surface area contributed by atoms with Gasteiger partial charge in [0.1, 0.15) is 0 Å². The Morgan fingerprint density at radius 3 is 2.23 bits per heavy atom. The molecule has 0 saturated carbocycles. The lowest BCUT2D eigenvalue weighted by molar-refractivity contribution is -0.117. The van der Waals surface area contributed by atoms with Crippen molar-refractivity contribution in [1.82, 2.24) is 10.1 Å². The maximum Gasteiger partial charge on any atom is 0.232 e. The fourth-order valence-electron chi connectivity index (χ4n) is 4.02. The number of anilines is 1. The maximum absolute atomic E-state index is 12.9. The van der Waals surface area contributed by atoms with Gasteiger partial charge in [-0.1, -0.05) is 5.16 Å². The zero-order chi connectivity index (χ0) is 25.1. The fraction of sp³-hybridized carbons (Fsp3) is 0.400. The molecule has 1 saturated heterocycles. The third-order valence-electron chi connectivity index (χ3n) is 5.66. The van der Waals surface area contributed by atoms with Crippen LogP contribution in [0.25, 0.3) is 11.4 Å². The van der Waals surface area contributed by atoms with Crippen molar-refractivity contribution in [3.8, 4) is 40.1 Å². The van der Waals surface area contributed by atoms with Gasteiger partial charge in [-0.15, -0.1) is 0 Å². The van der Waals surface area contributed by atoms with Crippen LogP contribution in [0.1, 0.15) is 32.1 Å². The molecule has 3 aromatic rings. The van der Waals surface area contributed by atoms with Crippen molar-refractivity contribution in [2.45, 2.75) is 32.3 Å². The first-order valence-electron chi connectivity index (χ1n) is 11.2. The third kappa shape index (κ3) is 4.82. The van der Waals surface area contributed by atoms with Crippen LogP contribution >= 0.6 is 0 Å². The van der Waals surface area contributed by atoms with Gasteiger partial charge in [0.15, 0.2) is 23.0 Å². The van der Waals surface area contributed by atoms with Crippen molar-refractivity contribution in [3.05, 3.63) is 36.2 Å². The number of hydrogen-bond acceptors (Lipinski definition) is 9. The number of carbonyl (C=O) groups is 1. The molecule has 1 aliphatic heterocycles. The highest BCUT2D eigenvalue weighted by atomic mass is 16.5. The van der Waals surface area contributed by atoms with E-state index in [0.717, 1.165) is 5.56 Å². The van der Waals surface area contributed by atoms with Crippen LogP contribution in [-0.2, 0) is 4.79 Å². The molecule has 4 rings (SSSR count). The van der Waals surface area contributed by atoms with Crippen LogP contribution < -0.4 is 28.6 Å². The molecule has 35 heavy (non-hydrogen) atoms. The van der Waals surface area contributed by atoms with Crippen molar-refractivity contribution in [2.24, 2.45) is 0 Å². The molecule has 186 valence electrons. The number of ether oxygens (including phenoxy) is 5. The predicted octanol–water partition coefficient (Wildman–Crippen LogP) is 4.08. The second-order valence-electron chi connectivity index (χ2n) is 8.28. The Bertz CT molecular complexity index is 1180. The highest BCUT2D eigenvalue weighted by Gasteiger charge is 2.36. The molecule has 0 aliphatic carbocycles. The Morgan fingerprint density at radius 2 is 1.63 bits per heavy atom. The number of amides is 1. The van der Waals surface area contributed by atoms with E-state index in [4.69, 9.17) is 28.2 Å². The average Bonchev–Trinajstić information content (AvgIpc) is 3.50. The minimum absolute atomic E-state index is 0.0139. The minimum Gasteiger partial charge on any atom is -0.493 e. The lowest BCUT2D eigenvalue weighted by Crippen LogP contribution is -2.24. The van der Waals surface area contributed by atoms with Gasteiger partial charge in [0, 0.05) is 30.7 Å². The predicted molar refractivity (Wildman–Crippen MR) is 128 cm³/mol. The van der Waals surface area contributed by atoms with E-state index in [1.807, 2.05) is 26.0 Å². The molecular weight excluding hydrogens is 454 g/mol. The number of benzene rings is 2. The van der Waals surface area contributed by atoms with E-state index in [1.165, 1.54) is 21.3 Å². The molecule has 0 spiro atoms. The number of nitrogens with zero attached hydrogens (tertiary/aromatic N) is 3. The summed E-state index contributed by atoms with van der Waals surface area (Å²) in [5.74, 6) is 3.09. The van der Waals surface area contributed by atoms with Crippen LogP contribution in [0.3, 0.4) is 0 Å². The summed E-state index contributed by atoms with van der Waals surface area (Å²) in [7, 11) is 6.18. The van der Waals surface area contributed by atoms with E-state index < -0.39 is 0 Å². The second-order valence-corrected chi connectivity index (χ2v) is 8.28. The number of aromatic nitrogens is 2. The van der Waals surface area contributed by atoms with Crippen molar-refractivity contribution in [2.75, 3.05) is 39.9 Å². The van der Waals surface area contributed by atoms with Gasteiger partial charge in [-0.05, 0) is 32.0 Å². The maximum atomic E-state index is 12.9. The van der Waals surface area contributed by atoms with E-state index >= 15 is 0 Å². The van der Waals surface area contributed by atoms with Gasteiger partial charge in [0.2, 0.25) is 23.4 Å². The van der Waals surface area contributed by atoms with Gasteiger partial charge >= 0.3 is 0 Å². The van der Waals surface area contributed by atoms with Gasteiger partial charge in [0.05, 0.1) is 46.1 Å². The molecule has 2 aromatic carbocycles. The van der Waals surface area contributed by atoms with E-state index in [2.05, 4.69) is 10.1 Å². The SMILES string of the molecule is COc1cc(-c2noc(C3CC(=O)N(c4cc(OC)c(OC)c(OC)c4)C3)n2)ccc1OC(C)C. The van der Waals surface area contributed by atoms with Crippen LogP contribution in [0.15, 0.2) is 34.9 Å². The normalized spacial score (nSPS) is 15.5. The summed E-state index contributed by atoms with van der Waals surface area (Å²) in [6.45, 7) is 4.27. The monoisotopic (exact) mass is 483 g/mol. The van der Waals surface area contributed by atoms with Crippen LogP contribution in [0.5, 0.6) is 28.7 Å². The summed E-state index contributed by atoms with van der Waals surface area (Å²) < 4.78 is 33.0. The summed E-state index contributed by atoms with van der Waals surface area (Å²) >= 11 is 0. The molecule has 10 nitrogen and oxygen atoms in total. The Hall–Kier alpha value is -3.95. The van der Waals surface area contributed by atoms with Gasteiger partial charge < -0.3 is 33.1 Å². The van der Waals surface area contributed by atoms with Crippen molar-refractivity contribution >= 4 is 11.6 Å². The molecule has 1 fully saturated rings. The van der Waals surface area contributed by atoms with Gasteiger partial charge in [-0.2, -0.15) is 4.98 Å². The summed E-state index contributed by atoms with van der Waals surface area (Å²) in [5.41, 5.74) is 1.36. The highest BCUT2D eigenvalue weighted by molar-refractivity contribution is 5.97. The summed E-state index contributed by atoms with van der Waals surface area (Å²) in [5, 5.41) is 4.13. The fourth-order valence-corrected chi connectivity index (χ4v) is 4.02. The lowest BCUT2D eigenvalue weighted by atomic mass is 10.1. The molecule has 0 radical (unpaired) electrons. The molecule has 0 bridgehead atoms. The topological polar surface area (TPSA) is 105 Å². The van der Waals surface area contributed by atoms with Gasteiger partial charge in [-0.3, -0.25) is 4.79 Å². The third-order valence-corrected chi connectivity index (χ3v) is 5.66. The summed E-state index contributed by atoms with van der Waals surface area (Å²) in [4.78, 5) is 19.1.